The average molecular weight is 336 g/mol. The van der Waals surface area contributed by atoms with Gasteiger partial charge in [-0.15, -0.1) is 0 Å². The topological polar surface area (TPSA) is 55.1 Å². The molecule has 1 N–H and O–H groups in total. The van der Waals surface area contributed by atoms with Crippen molar-refractivity contribution in [3.8, 4) is 11.5 Å². The molecule has 25 heavy (non-hydrogen) atoms. The van der Waals surface area contributed by atoms with Crippen LogP contribution in [0.1, 0.15) is 49.9 Å². The third-order valence-electron chi connectivity index (χ3n) is 4.35. The lowest BCUT2D eigenvalue weighted by Crippen LogP contribution is -2.32. The Kier molecular flexibility index (Phi) is 5.49. The molecule has 0 aliphatic rings. The van der Waals surface area contributed by atoms with Gasteiger partial charge in [-0.1, -0.05) is 44.4 Å². The second kappa shape index (κ2) is 7.97. The fourth-order valence-corrected chi connectivity index (χ4v) is 2.99. The molecule has 0 saturated carbocycles. The molecule has 3 aromatic rings. The van der Waals surface area contributed by atoms with E-state index in [9.17, 15) is 4.79 Å². The largest absolute Gasteiger partial charge is 0.463 e. The fraction of sp³-hybridized carbons (Fsp3) is 0.333. The van der Waals surface area contributed by atoms with E-state index in [1.807, 2.05) is 42.5 Å². The van der Waals surface area contributed by atoms with Gasteiger partial charge in [0.2, 0.25) is 0 Å². The number of carbonyl (C=O) groups excluding carboxylic acids is 1. The van der Waals surface area contributed by atoms with Crippen LogP contribution >= 0.6 is 0 Å². The molecule has 4 heteroatoms. The van der Waals surface area contributed by atoms with Crippen LogP contribution in [-0.2, 0) is 0 Å². The van der Waals surface area contributed by atoms with Crippen molar-refractivity contribution in [2.75, 3.05) is 0 Å². The molecule has 4 nitrogen and oxygen atoms in total. The number of hydrogen-bond acceptors (Lipinski definition) is 3. The first-order chi connectivity index (χ1) is 12.2. The first-order valence-corrected chi connectivity index (χ1v) is 8.93. The summed E-state index contributed by atoms with van der Waals surface area (Å²) in [4.78, 5) is 17.5. The Morgan fingerprint density at radius 2 is 2.04 bits per heavy atom. The van der Waals surface area contributed by atoms with E-state index in [2.05, 4.69) is 24.1 Å². The smallest absolute Gasteiger partial charge is 0.252 e. The molecular formula is C21H24N2O2. The Hall–Kier alpha value is -2.62. The van der Waals surface area contributed by atoms with Crippen molar-refractivity contribution in [2.45, 2.75) is 45.6 Å². The van der Waals surface area contributed by atoms with Crippen LogP contribution in [0.15, 0.2) is 53.1 Å². The third-order valence-corrected chi connectivity index (χ3v) is 4.35. The number of rotatable bonds is 7. The van der Waals surface area contributed by atoms with Crippen molar-refractivity contribution in [2.24, 2.45) is 0 Å². The summed E-state index contributed by atoms with van der Waals surface area (Å²) in [7, 11) is 0. The van der Waals surface area contributed by atoms with Crippen LogP contribution < -0.4 is 5.32 Å². The Morgan fingerprint density at radius 1 is 1.20 bits per heavy atom. The van der Waals surface area contributed by atoms with E-state index in [4.69, 9.17) is 4.42 Å². The molecule has 130 valence electrons. The molecular weight excluding hydrogens is 312 g/mol. The molecule has 0 saturated heterocycles. The first-order valence-electron chi connectivity index (χ1n) is 8.93. The minimum Gasteiger partial charge on any atom is -0.463 e. The summed E-state index contributed by atoms with van der Waals surface area (Å²) in [5.41, 5.74) is 2.10. The van der Waals surface area contributed by atoms with Crippen LogP contribution in [0, 0.1) is 0 Å². The minimum absolute atomic E-state index is 0.0598. The number of carbonyl (C=O) groups is 1. The highest BCUT2D eigenvalue weighted by Crippen LogP contribution is 2.25. The van der Waals surface area contributed by atoms with Gasteiger partial charge in [-0.3, -0.25) is 4.79 Å². The SMILES string of the molecule is CCCCC[C@@H](C)NC(=O)c1cc(-c2ccco2)nc2ccccc12. The van der Waals surface area contributed by atoms with Gasteiger partial charge in [0, 0.05) is 11.4 Å². The van der Waals surface area contributed by atoms with E-state index >= 15 is 0 Å². The van der Waals surface area contributed by atoms with E-state index in [1.165, 1.54) is 12.8 Å². The lowest BCUT2D eigenvalue weighted by atomic mass is 10.0. The van der Waals surface area contributed by atoms with Crippen molar-refractivity contribution < 1.29 is 9.21 Å². The van der Waals surface area contributed by atoms with Crippen LogP contribution in [0.4, 0.5) is 0 Å². The molecule has 0 radical (unpaired) electrons. The molecule has 0 aliphatic carbocycles. The number of benzene rings is 1. The highest BCUT2D eigenvalue weighted by molar-refractivity contribution is 6.07. The summed E-state index contributed by atoms with van der Waals surface area (Å²) in [5, 5.41) is 3.98. The molecule has 0 aliphatic heterocycles. The number of aromatic nitrogens is 1. The predicted octanol–water partition coefficient (Wildman–Crippen LogP) is 5.19. The molecule has 1 amide bonds. The maximum Gasteiger partial charge on any atom is 0.252 e. The summed E-state index contributed by atoms with van der Waals surface area (Å²) in [6.07, 6.45) is 6.12. The third kappa shape index (κ3) is 4.08. The number of hydrogen-bond donors (Lipinski definition) is 1. The molecule has 1 atom stereocenters. The normalized spacial score (nSPS) is 12.2. The Bertz CT molecular complexity index is 840. The maximum absolute atomic E-state index is 12.9. The summed E-state index contributed by atoms with van der Waals surface area (Å²) in [5.74, 6) is 0.603. The molecule has 0 fully saturated rings. The van der Waals surface area contributed by atoms with Crippen LogP contribution in [0.25, 0.3) is 22.4 Å². The van der Waals surface area contributed by atoms with Crippen LogP contribution in [0.2, 0.25) is 0 Å². The van der Waals surface area contributed by atoms with E-state index < -0.39 is 0 Å². The Morgan fingerprint density at radius 3 is 2.80 bits per heavy atom. The molecule has 2 aromatic heterocycles. The number of amides is 1. The molecule has 0 unspecified atom stereocenters. The number of unbranched alkanes of at least 4 members (excludes halogenated alkanes) is 2. The van der Waals surface area contributed by atoms with Gasteiger partial charge in [0.15, 0.2) is 5.76 Å². The van der Waals surface area contributed by atoms with Crippen LogP contribution in [-0.4, -0.2) is 16.9 Å². The van der Waals surface area contributed by atoms with Gasteiger partial charge in [0.1, 0.15) is 5.69 Å². The Labute approximate surface area is 148 Å². The van der Waals surface area contributed by atoms with Gasteiger partial charge in [0.25, 0.3) is 5.91 Å². The molecule has 2 heterocycles. The van der Waals surface area contributed by atoms with Crippen molar-refractivity contribution in [3.63, 3.8) is 0 Å². The second-order valence-corrected chi connectivity index (χ2v) is 6.42. The Balaban J connectivity index is 1.90. The van der Waals surface area contributed by atoms with E-state index in [-0.39, 0.29) is 11.9 Å². The van der Waals surface area contributed by atoms with Crippen molar-refractivity contribution in [1.29, 1.82) is 0 Å². The first kappa shape index (κ1) is 17.2. The number of pyridine rings is 1. The van der Waals surface area contributed by atoms with Gasteiger partial charge in [-0.2, -0.15) is 0 Å². The van der Waals surface area contributed by atoms with Crippen LogP contribution in [0.5, 0.6) is 0 Å². The highest BCUT2D eigenvalue weighted by Gasteiger charge is 2.16. The van der Waals surface area contributed by atoms with Gasteiger partial charge < -0.3 is 9.73 Å². The maximum atomic E-state index is 12.9. The van der Waals surface area contributed by atoms with E-state index in [0.29, 0.717) is 17.0 Å². The fourth-order valence-electron chi connectivity index (χ4n) is 2.99. The predicted molar refractivity (Wildman–Crippen MR) is 101 cm³/mol. The lowest BCUT2D eigenvalue weighted by molar-refractivity contribution is 0.0939. The van der Waals surface area contributed by atoms with Crippen molar-refractivity contribution in [3.05, 3.63) is 54.3 Å². The summed E-state index contributed by atoms with van der Waals surface area (Å²) >= 11 is 0. The number of nitrogens with zero attached hydrogens (tertiary/aromatic N) is 1. The zero-order chi connectivity index (χ0) is 17.6. The summed E-state index contributed by atoms with van der Waals surface area (Å²) in [6, 6.07) is 13.4. The molecule has 0 spiro atoms. The quantitative estimate of drug-likeness (QED) is 0.604. The number of fused-ring (bicyclic) bond motifs is 1. The number of furan rings is 1. The molecule has 0 bridgehead atoms. The number of nitrogens with one attached hydrogen (secondary N) is 1. The minimum atomic E-state index is -0.0598. The standard InChI is InChI=1S/C21H24N2O2/c1-3-4-5-9-15(2)22-21(24)17-14-19(20-12-8-13-25-20)23-18-11-7-6-10-16(17)18/h6-8,10-15H,3-5,9H2,1-2H3,(H,22,24)/t15-/m1/s1. The summed E-state index contributed by atoms with van der Waals surface area (Å²) < 4.78 is 5.46. The zero-order valence-electron chi connectivity index (χ0n) is 14.8. The summed E-state index contributed by atoms with van der Waals surface area (Å²) in [6.45, 7) is 4.24. The zero-order valence-corrected chi connectivity index (χ0v) is 14.8. The van der Waals surface area contributed by atoms with E-state index in [1.54, 1.807) is 6.26 Å². The van der Waals surface area contributed by atoms with Gasteiger partial charge in [-0.25, -0.2) is 4.98 Å². The van der Waals surface area contributed by atoms with E-state index in [0.717, 1.165) is 23.7 Å². The highest BCUT2D eigenvalue weighted by atomic mass is 16.3. The number of para-hydroxylation sites is 1. The van der Waals surface area contributed by atoms with Gasteiger partial charge in [0.05, 0.1) is 17.3 Å². The average Bonchev–Trinajstić information content (AvgIpc) is 3.15. The monoisotopic (exact) mass is 336 g/mol. The van der Waals surface area contributed by atoms with Crippen molar-refractivity contribution >= 4 is 16.8 Å². The second-order valence-electron chi connectivity index (χ2n) is 6.42. The molecule has 3 rings (SSSR count). The van der Waals surface area contributed by atoms with Gasteiger partial charge in [-0.05, 0) is 37.6 Å². The van der Waals surface area contributed by atoms with Crippen molar-refractivity contribution in [1.82, 2.24) is 10.3 Å². The molecule has 1 aromatic carbocycles. The van der Waals surface area contributed by atoms with Crippen LogP contribution in [0.3, 0.4) is 0 Å². The van der Waals surface area contributed by atoms with Gasteiger partial charge >= 0.3 is 0 Å². The lowest BCUT2D eigenvalue weighted by Gasteiger charge is -2.15.